The van der Waals surface area contributed by atoms with Gasteiger partial charge in [-0.05, 0) is 25.0 Å². The van der Waals surface area contributed by atoms with E-state index in [1.54, 1.807) is 6.07 Å². The highest BCUT2D eigenvalue weighted by Gasteiger charge is 2.34. The molecule has 1 fully saturated rings. The highest BCUT2D eigenvalue weighted by molar-refractivity contribution is 9.09. The third-order valence-electron chi connectivity index (χ3n) is 3.62. The molecule has 0 heterocycles. The van der Waals surface area contributed by atoms with Crippen LogP contribution < -0.4 is 10.1 Å². The summed E-state index contributed by atoms with van der Waals surface area (Å²) < 4.78 is 18.8. The number of halogens is 2. The molecule has 0 spiro atoms. The maximum Gasteiger partial charge on any atom is 0.254 e. The number of hydrogen-bond donors (Lipinski definition) is 1. The quantitative estimate of drug-likeness (QED) is 0.861. The Morgan fingerprint density at radius 1 is 1.47 bits per heavy atom. The Bertz CT molecular complexity index is 473. The summed E-state index contributed by atoms with van der Waals surface area (Å²) in [6.45, 7) is 0. The van der Waals surface area contributed by atoms with E-state index in [0.29, 0.717) is 11.1 Å². The van der Waals surface area contributed by atoms with Crippen LogP contribution in [0.1, 0.15) is 36.0 Å². The predicted octanol–water partition coefficient (Wildman–Crippen LogP) is 3.27. The topological polar surface area (TPSA) is 38.3 Å². The summed E-state index contributed by atoms with van der Waals surface area (Å²) in [5, 5.41) is 3.67. The molecule has 0 bridgehead atoms. The van der Waals surface area contributed by atoms with Crippen molar-refractivity contribution in [3.8, 4) is 5.75 Å². The fraction of sp³-hybridized carbons (Fsp3) is 0.500. The molecule has 0 aromatic heterocycles. The van der Waals surface area contributed by atoms with Crippen molar-refractivity contribution in [1.29, 1.82) is 0 Å². The molecule has 1 amide bonds. The van der Waals surface area contributed by atoms with E-state index >= 15 is 0 Å². The van der Waals surface area contributed by atoms with Crippen LogP contribution in [-0.2, 0) is 0 Å². The van der Waals surface area contributed by atoms with Gasteiger partial charge in [-0.25, -0.2) is 4.39 Å². The molecule has 19 heavy (non-hydrogen) atoms. The second-order valence-electron chi connectivity index (χ2n) is 4.92. The van der Waals surface area contributed by atoms with E-state index in [2.05, 4.69) is 21.2 Å². The minimum atomic E-state index is -0.556. The molecule has 2 rings (SSSR count). The molecule has 1 N–H and O–H groups in total. The van der Waals surface area contributed by atoms with E-state index < -0.39 is 5.82 Å². The van der Waals surface area contributed by atoms with Gasteiger partial charge in [0.25, 0.3) is 5.91 Å². The van der Waals surface area contributed by atoms with Gasteiger partial charge in [-0.3, -0.25) is 4.79 Å². The Balaban J connectivity index is 2.15. The average molecular weight is 330 g/mol. The van der Waals surface area contributed by atoms with Crippen molar-refractivity contribution < 1.29 is 13.9 Å². The van der Waals surface area contributed by atoms with Crippen LogP contribution in [-0.4, -0.2) is 23.9 Å². The van der Waals surface area contributed by atoms with Gasteiger partial charge in [0.15, 0.2) is 0 Å². The molecule has 0 saturated heterocycles. The van der Waals surface area contributed by atoms with Crippen LogP contribution in [0.15, 0.2) is 18.2 Å². The second-order valence-corrected chi connectivity index (χ2v) is 5.48. The van der Waals surface area contributed by atoms with Crippen molar-refractivity contribution in [2.75, 3.05) is 12.4 Å². The van der Waals surface area contributed by atoms with E-state index in [-0.39, 0.29) is 17.0 Å². The van der Waals surface area contributed by atoms with Crippen LogP contribution in [0.3, 0.4) is 0 Å². The lowest BCUT2D eigenvalue weighted by atomic mass is 10.00. The fourth-order valence-electron chi connectivity index (χ4n) is 2.46. The Morgan fingerprint density at radius 2 is 2.16 bits per heavy atom. The number of hydrogen-bond acceptors (Lipinski definition) is 2. The molecule has 1 aromatic carbocycles. The largest absolute Gasteiger partial charge is 0.497 e. The van der Waals surface area contributed by atoms with Gasteiger partial charge >= 0.3 is 0 Å². The van der Waals surface area contributed by atoms with Gasteiger partial charge in [0.2, 0.25) is 0 Å². The summed E-state index contributed by atoms with van der Waals surface area (Å²) in [6.07, 6.45) is 4.05. The first-order chi connectivity index (χ1) is 9.10. The first-order valence-corrected chi connectivity index (χ1v) is 7.44. The smallest absolute Gasteiger partial charge is 0.254 e. The van der Waals surface area contributed by atoms with Gasteiger partial charge in [0.1, 0.15) is 11.6 Å². The highest BCUT2D eigenvalue weighted by Crippen LogP contribution is 2.31. The van der Waals surface area contributed by atoms with Crippen LogP contribution in [0.4, 0.5) is 4.39 Å². The van der Waals surface area contributed by atoms with Gasteiger partial charge in [-0.2, -0.15) is 0 Å². The van der Waals surface area contributed by atoms with Crippen molar-refractivity contribution in [1.82, 2.24) is 5.32 Å². The Hall–Kier alpha value is -1.10. The Labute approximate surface area is 120 Å². The van der Waals surface area contributed by atoms with E-state index in [9.17, 15) is 9.18 Å². The zero-order chi connectivity index (χ0) is 13.9. The maximum absolute atomic E-state index is 13.8. The van der Waals surface area contributed by atoms with Crippen molar-refractivity contribution >= 4 is 21.8 Å². The molecule has 3 nitrogen and oxygen atoms in total. The number of nitrogens with one attached hydrogen (secondary N) is 1. The van der Waals surface area contributed by atoms with E-state index in [1.807, 2.05) is 0 Å². The van der Waals surface area contributed by atoms with Crippen molar-refractivity contribution in [3.05, 3.63) is 29.6 Å². The molecule has 1 aliphatic rings. The number of carbonyl (C=O) groups is 1. The Morgan fingerprint density at radius 3 is 2.68 bits per heavy atom. The van der Waals surface area contributed by atoms with E-state index in [0.717, 1.165) is 25.7 Å². The summed E-state index contributed by atoms with van der Waals surface area (Å²) >= 11 is 3.45. The van der Waals surface area contributed by atoms with Crippen LogP contribution in [0.25, 0.3) is 0 Å². The summed E-state index contributed by atoms with van der Waals surface area (Å²) in [6, 6.07) is 4.28. The molecule has 5 heteroatoms. The van der Waals surface area contributed by atoms with Crippen LogP contribution in [0.2, 0.25) is 0 Å². The normalized spacial score (nSPS) is 17.2. The third kappa shape index (κ3) is 3.08. The van der Waals surface area contributed by atoms with Gasteiger partial charge in [0, 0.05) is 11.4 Å². The predicted molar refractivity (Wildman–Crippen MR) is 75.4 cm³/mol. The second kappa shape index (κ2) is 5.90. The number of ether oxygens (including phenoxy) is 1. The number of amides is 1. The maximum atomic E-state index is 13.8. The Kier molecular flexibility index (Phi) is 4.45. The summed E-state index contributed by atoms with van der Waals surface area (Å²) in [5.74, 6) is -0.508. The zero-order valence-corrected chi connectivity index (χ0v) is 12.4. The third-order valence-corrected chi connectivity index (χ3v) is 4.69. The summed E-state index contributed by atoms with van der Waals surface area (Å²) in [7, 11) is 1.47. The molecule has 1 aliphatic carbocycles. The standard InChI is InChI=1S/C14H17BrFNO2/c1-19-10-4-5-11(12(16)8-10)13(18)17-14(9-15)6-2-3-7-14/h4-5,8H,2-3,6-7,9H2,1H3,(H,17,18). The number of carbonyl (C=O) groups excluding carboxylic acids is 1. The van der Waals surface area contributed by atoms with Crippen molar-refractivity contribution in [2.45, 2.75) is 31.2 Å². The lowest BCUT2D eigenvalue weighted by Crippen LogP contribution is -2.48. The lowest BCUT2D eigenvalue weighted by molar-refractivity contribution is 0.0906. The molecule has 0 radical (unpaired) electrons. The highest BCUT2D eigenvalue weighted by atomic mass is 79.9. The molecule has 104 valence electrons. The van der Waals surface area contributed by atoms with E-state index in [4.69, 9.17) is 4.74 Å². The number of alkyl halides is 1. The van der Waals surface area contributed by atoms with Crippen LogP contribution in [0.5, 0.6) is 5.75 Å². The molecule has 0 unspecified atom stereocenters. The van der Waals surface area contributed by atoms with Gasteiger partial charge in [-0.15, -0.1) is 0 Å². The minimum absolute atomic E-state index is 0.0630. The van der Waals surface area contributed by atoms with Gasteiger partial charge in [0.05, 0.1) is 18.2 Å². The molecular weight excluding hydrogens is 313 g/mol. The first kappa shape index (κ1) is 14.3. The number of methoxy groups -OCH3 is 1. The monoisotopic (exact) mass is 329 g/mol. The first-order valence-electron chi connectivity index (χ1n) is 6.32. The van der Waals surface area contributed by atoms with Crippen LogP contribution in [0, 0.1) is 5.82 Å². The van der Waals surface area contributed by atoms with Crippen molar-refractivity contribution in [3.63, 3.8) is 0 Å². The average Bonchev–Trinajstić information content (AvgIpc) is 2.87. The summed E-state index contributed by atoms with van der Waals surface area (Å²) in [4.78, 5) is 12.2. The zero-order valence-electron chi connectivity index (χ0n) is 10.8. The SMILES string of the molecule is COc1ccc(C(=O)NC2(CBr)CCCC2)c(F)c1. The fourth-order valence-corrected chi connectivity index (χ4v) is 3.16. The molecule has 1 saturated carbocycles. The molecule has 1 aromatic rings. The van der Waals surface area contributed by atoms with Gasteiger partial charge in [-0.1, -0.05) is 28.8 Å². The lowest BCUT2D eigenvalue weighted by Gasteiger charge is -2.28. The number of benzene rings is 1. The van der Waals surface area contributed by atoms with Crippen molar-refractivity contribution in [2.24, 2.45) is 0 Å². The van der Waals surface area contributed by atoms with Crippen LogP contribution >= 0.6 is 15.9 Å². The number of rotatable bonds is 4. The van der Waals surface area contributed by atoms with E-state index in [1.165, 1.54) is 19.2 Å². The minimum Gasteiger partial charge on any atom is -0.497 e. The summed E-state index contributed by atoms with van der Waals surface area (Å²) in [5.41, 5.74) is -0.170. The molecular formula is C14H17BrFNO2. The van der Waals surface area contributed by atoms with Gasteiger partial charge < -0.3 is 10.1 Å². The molecule has 0 atom stereocenters. The molecule has 0 aliphatic heterocycles.